The quantitative estimate of drug-likeness (QED) is 0.0207. The molecule has 4 atom stereocenters. The minimum atomic E-state index is -4.79. The minimum Gasteiger partial charge on any atom is -0.462 e. The van der Waals surface area contributed by atoms with E-state index in [-0.39, 0.29) is 200 Å². The highest BCUT2D eigenvalue weighted by atomic mass is 28.6. The lowest BCUT2D eigenvalue weighted by Crippen LogP contribution is -2.88. The zero-order valence-electron chi connectivity index (χ0n) is 53.2. The molecule has 28 nitrogen and oxygen atoms in total. The second-order valence-electron chi connectivity index (χ2n) is 21.9. The number of methoxy groups -OCH3 is 3. The SMILES string of the molecule is C=C(C)C(=O)OCCC[Si]12O[Si]3(CCCOCCOC)O[Si]4(CCCOCCOC)O[Si](CCCOC(=O)C(=C)C)(O1)O[Si]1(CCCOC(=O)C(=C)C)O[Si](CCCOCCOC)(O2)O[Si](CCCOC(=O)C(=C)C)(O3)O[Si](CCCOC(=O)C(=C)C)(O4)O1. The van der Waals surface area contributed by atoms with E-state index in [1.54, 1.807) is 21.3 Å². The number of hydrogen-bond acceptors (Lipinski definition) is 28. The molecule has 0 radical (unpaired) electrons. The van der Waals surface area contributed by atoms with Crippen LogP contribution in [-0.4, -0.2) is 214 Å². The first-order chi connectivity index (χ1) is 42.3. The molecule has 0 saturated carbocycles. The van der Waals surface area contributed by atoms with Crippen LogP contribution in [0.2, 0.25) is 48.4 Å². The molecule has 0 aromatic carbocycles. The van der Waals surface area contributed by atoms with Crippen LogP contribution in [0.3, 0.4) is 0 Å². The molecule has 0 aliphatic carbocycles. The maximum atomic E-state index is 13.0. The molecule has 6 aliphatic heterocycles. The minimum absolute atomic E-state index is 0.00704. The summed E-state index contributed by atoms with van der Waals surface area (Å²) in [4.78, 5) is 65.1. The maximum absolute atomic E-state index is 13.0. The lowest BCUT2D eigenvalue weighted by Gasteiger charge is -2.63. The second kappa shape index (κ2) is 36.7. The predicted molar refractivity (Wildman–Crippen MR) is 331 cm³/mol. The molecule has 6 heterocycles. The van der Waals surface area contributed by atoms with Crippen molar-refractivity contribution in [2.45, 2.75) is 134 Å². The number of hydrogen-bond donors (Lipinski definition) is 0. The van der Waals surface area contributed by atoms with E-state index in [1.807, 2.05) is 0 Å². The fourth-order valence-corrected chi connectivity index (χ4v) is 59.5. The Kier molecular flexibility index (Phi) is 31.6. The molecular weight excluding hydrogens is 1310 g/mol. The van der Waals surface area contributed by atoms with Gasteiger partial charge >= 0.3 is 100 Å². The van der Waals surface area contributed by atoms with Crippen molar-refractivity contribution in [1.29, 1.82) is 0 Å². The number of carbonyl (C=O) groups is 5. The molecule has 6 fully saturated rings. The fourth-order valence-electron chi connectivity index (χ4n) is 9.36. The van der Waals surface area contributed by atoms with Gasteiger partial charge in [0, 0.05) is 117 Å². The molecule has 6 saturated heterocycles. The van der Waals surface area contributed by atoms with E-state index < -0.39 is 100 Å². The first kappa shape index (κ1) is 76.8. The predicted octanol–water partition coefficient (Wildman–Crippen LogP) is 6.47. The molecule has 6 rings (SSSR count). The van der Waals surface area contributed by atoms with Crippen LogP contribution in [0.15, 0.2) is 60.8 Å². The molecule has 0 N–H and O–H groups in total. The van der Waals surface area contributed by atoms with Gasteiger partial charge in [0.05, 0.1) is 72.7 Å². The van der Waals surface area contributed by atoms with Gasteiger partial charge in [-0.2, -0.15) is 0 Å². The van der Waals surface area contributed by atoms with Crippen molar-refractivity contribution in [3.63, 3.8) is 0 Å². The third-order valence-electron chi connectivity index (χ3n) is 13.4. The zero-order valence-corrected chi connectivity index (χ0v) is 61.2. The van der Waals surface area contributed by atoms with E-state index >= 15 is 0 Å². The second-order valence-corrected chi connectivity index (χ2v) is 46.6. The maximum Gasteiger partial charge on any atom is 0.479 e. The Morgan fingerprint density at radius 3 is 0.528 bits per heavy atom. The summed E-state index contributed by atoms with van der Waals surface area (Å²) >= 11 is 0. The monoisotopic (exact) mass is 1400 g/mol. The first-order valence-electron chi connectivity index (χ1n) is 30.1. The van der Waals surface area contributed by atoms with Gasteiger partial charge < -0.3 is 101 Å². The van der Waals surface area contributed by atoms with Gasteiger partial charge in [-0.05, 0) is 86.0 Å². The summed E-state index contributed by atoms with van der Waals surface area (Å²) < 4.78 is 156. The van der Waals surface area contributed by atoms with Crippen LogP contribution >= 0.6 is 0 Å². The van der Waals surface area contributed by atoms with E-state index in [2.05, 4.69) is 32.9 Å². The van der Waals surface area contributed by atoms with Crippen LogP contribution in [-0.2, 0) is 125 Å². The van der Waals surface area contributed by atoms with E-state index in [0.29, 0.717) is 19.8 Å². The van der Waals surface area contributed by atoms with Crippen LogP contribution in [0, 0.1) is 0 Å². The summed E-state index contributed by atoms with van der Waals surface area (Å²) in [7, 11) is -33.3. The van der Waals surface area contributed by atoms with Gasteiger partial charge in [-0.1, -0.05) is 32.9 Å². The fraction of sp³-hybridized carbons (Fsp3) is 0.717. The lowest BCUT2D eigenvalue weighted by molar-refractivity contribution is -0.139. The number of ether oxygens (including phenoxy) is 11. The molecular formula is C53H94O28Si8. The molecule has 0 aromatic heterocycles. The van der Waals surface area contributed by atoms with Gasteiger partial charge in [0.25, 0.3) is 0 Å². The third-order valence-corrected chi connectivity index (χ3v) is 51.0. The van der Waals surface area contributed by atoms with Crippen LogP contribution in [0.4, 0.5) is 0 Å². The van der Waals surface area contributed by atoms with Crippen LogP contribution in [0.1, 0.15) is 86.0 Å². The van der Waals surface area contributed by atoms with Gasteiger partial charge in [0.2, 0.25) is 0 Å². The van der Waals surface area contributed by atoms with Crippen molar-refractivity contribution in [3.05, 3.63) is 60.8 Å². The van der Waals surface area contributed by atoms with Crippen molar-refractivity contribution >= 4 is 100 Å². The summed E-state index contributed by atoms with van der Waals surface area (Å²) in [5.41, 5.74) is 0.842. The number of rotatable bonds is 46. The Morgan fingerprint density at radius 2 is 0.393 bits per heavy atom. The highest BCUT2D eigenvalue weighted by molar-refractivity contribution is 7.03. The molecule has 8 bridgehead atoms. The number of esters is 5. The lowest BCUT2D eigenvalue weighted by atomic mass is 10.4. The van der Waals surface area contributed by atoms with Gasteiger partial charge in [-0.15, -0.1) is 0 Å². The molecule has 4 unspecified atom stereocenters. The molecule has 0 aromatic rings. The molecule has 6 aliphatic rings. The third kappa shape index (κ3) is 24.1. The van der Waals surface area contributed by atoms with Gasteiger partial charge in [-0.3, -0.25) is 0 Å². The normalized spacial score (nSPS) is 28.3. The summed E-state index contributed by atoms with van der Waals surface area (Å²) in [5, 5.41) is 0. The molecule has 36 heteroatoms. The number of carbonyl (C=O) groups excluding carboxylic acids is 5. The smallest absolute Gasteiger partial charge is 0.462 e. The Morgan fingerprint density at radius 1 is 0.247 bits per heavy atom. The molecule has 0 spiro atoms. The Labute approximate surface area is 532 Å². The standard InChI is InChI=1S/C53H94O28Si8/c1-44(2)49(54)65-25-17-39-85-71-82(36-14-22-62-33-30-59-11)70-83(37-15-23-63-34-31-60-12)73-87(78-85,41-19-27-67-51(56)46(5)6)80-89(43-21-29-69-53(58)48(9)10)77-84(75-85,38-16-24-64-35-32-61-13)76-86(72-82,40-18-26-66-50(55)45(3)4)79-88(74-83,81-89)42-20-28-68-52(57)47(7)8/h1,3,5,7,9,14-43H2,2,4,6,8,10-13H3. The van der Waals surface area contributed by atoms with Gasteiger partial charge in [0.1, 0.15) is 0 Å². The van der Waals surface area contributed by atoms with Crippen LogP contribution < -0.4 is 0 Å². The largest absolute Gasteiger partial charge is 0.479 e. The van der Waals surface area contributed by atoms with Crippen LogP contribution in [0.25, 0.3) is 0 Å². The van der Waals surface area contributed by atoms with E-state index in [1.165, 1.54) is 34.6 Å². The Hall–Kier alpha value is -2.93. The average molecular weight is 1400 g/mol. The van der Waals surface area contributed by atoms with E-state index in [4.69, 9.17) is 101 Å². The molecule has 0 amide bonds. The van der Waals surface area contributed by atoms with Crippen molar-refractivity contribution in [2.24, 2.45) is 0 Å². The highest BCUT2D eigenvalue weighted by Crippen LogP contribution is 2.55. The van der Waals surface area contributed by atoms with Crippen molar-refractivity contribution in [1.82, 2.24) is 0 Å². The molecule has 89 heavy (non-hydrogen) atoms. The highest BCUT2D eigenvalue weighted by Gasteiger charge is 2.83. The van der Waals surface area contributed by atoms with Crippen molar-refractivity contribution in [3.8, 4) is 0 Å². The summed E-state index contributed by atoms with van der Waals surface area (Å²) in [6, 6.07) is -0.660. The van der Waals surface area contributed by atoms with Gasteiger partial charge in [-0.25, -0.2) is 24.0 Å². The zero-order chi connectivity index (χ0) is 65.3. The van der Waals surface area contributed by atoms with Crippen molar-refractivity contribution < 1.29 is 125 Å². The van der Waals surface area contributed by atoms with Gasteiger partial charge in [0.15, 0.2) is 0 Å². The van der Waals surface area contributed by atoms with Crippen molar-refractivity contribution in [2.75, 3.05) is 114 Å². The summed E-state index contributed by atoms with van der Waals surface area (Å²) in [6.07, 6.45) is 0.954. The van der Waals surface area contributed by atoms with Crippen LogP contribution in [0.5, 0.6) is 0 Å². The Balaban J connectivity index is 1.91. The topological polar surface area (TPSA) is 298 Å². The summed E-state index contributed by atoms with van der Waals surface area (Å²) in [6.45, 7) is 27.7. The molecule has 506 valence electrons. The average Bonchev–Trinajstić information content (AvgIpc) is 0.705. The summed E-state index contributed by atoms with van der Waals surface area (Å²) in [5.74, 6) is -3.20. The Bertz CT molecular complexity index is 2320. The first-order valence-corrected chi connectivity index (χ1v) is 45.5. The van der Waals surface area contributed by atoms with E-state index in [9.17, 15) is 24.0 Å². The van der Waals surface area contributed by atoms with E-state index in [0.717, 1.165) is 0 Å².